The Morgan fingerprint density at radius 3 is 2.57 bits per heavy atom. The molecule has 0 aromatic carbocycles. The highest BCUT2D eigenvalue weighted by Gasteiger charge is 2.20. The summed E-state index contributed by atoms with van der Waals surface area (Å²) in [5.41, 5.74) is 0. The van der Waals surface area contributed by atoms with Crippen LogP contribution in [-0.2, 0) is 10.0 Å². The van der Waals surface area contributed by atoms with E-state index in [4.69, 9.17) is 5.14 Å². The average Bonchev–Trinajstić information content (AvgIpc) is 2.06. The second-order valence-corrected chi connectivity index (χ2v) is 5.92. The minimum Gasteiger partial charge on any atom is -0.313 e. The van der Waals surface area contributed by atoms with E-state index in [1.54, 1.807) is 0 Å². The van der Waals surface area contributed by atoms with Gasteiger partial charge in [-0.25, -0.2) is 13.6 Å². The number of nitrogens with one attached hydrogen (secondary N) is 1. The van der Waals surface area contributed by atoms with Crippen LogP contribution in [0, 0.1) is 5.92 Å². The quantitative estimate of drug-likeness (QED) is 0.722. The molecule has 2 unspecified atom stereocenters. The highest BCUT2D eigenvalue weighted by molar-refractivity contribution is 7.89. The van der Waals surface area contributed by atoms with Gasteiger partial charge >= 0.3 is 0 Å². The van der Waals surface area contributed by atoms with Gasteiger partial charge in [-0.05, 0) is 18.8 Å². The fourth-order valence-corrected chi connectivity index (χ4v) is 2.41. The third kappa shape index (κ3) is 4.39. The predicted molar refractivity (Wildman–Crippen MR) is 57.4 cm³/mol. The Labute approximate surface area is 86.3 Å². The summed E-state index contributed by atoms with van der Waals surface area (Å²) in [6, 6.07) is 0.477. The third-order valence-corrected chi connectivity index (χ3v) is 3.68. The van der Waals surface area contributed by atoms with Crippen molar-refractivity contribution in [3.05, 3.63) is 0 Å². The molecule has 0 aromatic heterocycles. The zero-order chi connectivity index (χ0) is 10.6. The van der Waals surface area contributed by atoms with Gasteiger partial charge in [-0.15, -0.1) is 0 Å². The monoisotopic (exact) mass is 220 g/mol. The second-order valence-electron chi connectivity index (χ2n) is 4.19. The van der Waals surface area contributed by atoms with E-state index in [1.807, 2.05) is 0 Å². The molecule has 0 radical (unpaired) electrons. The van der Waals surface area contributed by atoms with Crippen LogP contribution in [0.3, 0.4) is 0 Å². The Bertz CT molecular complexity index is 264. The lowest BCUT2D eigenvalue weighted by molar-refractivity contribution is 0.285. The number of nitrogens with two attached hydrogens (primary N) is 1. The molecule has 0 amide bonds. The van der Waals surface area contributed by atoms with Crippen LogP contribution in [0.1, 0.15) is 32.6 Å². The van der Waals surface area contributed by atoms with Gasteiger partial charge in [0.05, 0.1) is 5.75 Å². The molecular weight excluding hydrogens is 200 g/mol. The van der Waals surface area contributed by atoms with Gasteiger partial charge in [0, 0.05) is 12.6 Å². The molecule has 5 heteroatoms. The van der Waals surface area contributed by atoms with Crippen molar-refractivity contribution in [1.29, 1.82) is 0 Å². The Morgan fingerprint density at radius 2 is 2.00 bits per heavy atom. The van der Waals surface area contributed by atoms with Crippen molar-refractivity contribution < 1.29 is 8.42 Å². The molecular formula is C9H20N2O2S. The Hall–Kier alpha value is -0.130. The minimum absolute atomic E-state index is 0.0379. The summed E-state index contributed by atoms with van der Waals surface area (Å²) in [4.78, 5) is 0. The van der Waals surface area contributed by atoms with Gasteiger partial charge in [-0.2, -0.15) is 0 Å². The highest BCUT2D eigenvalue weighted by Crippen LogP contribution is 2.23. The van der Waals surface area contributed by atoms with Crippen molar-refractivity contribution in [2.75, 3.05) is 12.3 Å². The molecule has 2 atom stereocenters. The summed E-state index contributed by atoms with van der Waals surface area (Å²) in [6.07, 6.45) is 4.95. The Morgan fingerprint density at radius 1 is 1.36 bits per heavy atom. The molecule has 1 fully saturated rings. The van der Waals surface area contributed by atoms with Crippen LogP contribution in [0.2, 0.25) is 0 Å². The zero-order valence-electron chi connectivity index (χ0n) is 8.70. The lowest BCUT2D eigenvalue weighted by Crippen LogP contribution is -2.40. The topological polar surface area (TPSA) is 72.2 Å². The van der Waals surface area contributed by atoms with Gasteiger partial charge in [0.25, 0.3) is 0 Å². The molecule has 0 heterocycles. The van der Waals surface area contributed by atoms with E-state index in [-0.39, 0.29) is 5.75 Å². The van der Waals surface area contributed by atoms with E-state index < -0.39 is 10.0 Å². The van der Waals surface area contributed by atoms with Crippen molar-refractivity contribution >= 4 is 10.0 Å². The van der Waals surface area contributed by atoms with Gasteiger partial charge in [-0.3, -0.25) is 0 Å². The van der Waals surface area contributed by atoms with E-state index in [1.165, 1.54) is 19.3 Å². The molecule has 1 aliphatic rings. The molecule has 84 valence electrons. The maximum atomic E-state index is 10.7. The van der Waals surface area contributed by atoms with Gasteiger partial charge in [0.1, 0.15) is 0 Å². The van der Waals surface area contributed by atoms with Crippen LogP contribution >= 0.6 is 0 Å². The number of rotatable bonds is 4. The maximum absolute atomic E-state index is 10.7. The summed E-state index contributed by atoms with van der Waals surface area (Å²) in [5, 5.41) is 8.19. The second kappa shape index (κ2) is 5.09. The lowest BCUT2D eigenvalue weighted by atomic mass is 9.86. The highest BCUT2D eigenvalue weighted by atomic mass is 32.2. The summed E-state index contributed by atoms with van der Waals surface area (Å²) in [5.74, 6) is 0.695. The number of hydrogen-bond acceptors (Lipinski definition) is 3. The Balaban J connectivity index is 2.23. The average molecular weight is 220 g/mol. The summed E-state index contributed by atoms with van der Waals surface area (Å²) >= 11 is 0. The molecule has 0 aliphatic heterocycles. The molecule has 0 saturated heterocycles. The number of sulfonamides is 1. The fraction of sp³-hybridized carbons (Fsp3) is 1.00. The SMILES string of the molecule is CC1CCCCC1NCCS(N)(=O)=O. The fourth-order valence-electron chi connectivity index (χ4n) is 2.01. The first-order valence-corrected chi connectivity index (χ1v) is 6.94. The third-order valence-electron chi connectivity index (χ3n) is 2.90. The first kappa shape index (κ1) is 11.9. The first-order chi connectivity index (χ1) is 6.49. The number of hydrogen-bond donors (Lipinski definition) is 2. The van der Waals surface area contributed by atoms with E-state index in [2.05, 4.69) is 12.2 Å². The predicted octanol–water partition coefficient (Wildman–Crippen LogP) is 0.443. The molecule has 14 heavy (non-hydrogen) atoms. The molecule has 1 saturated carbocycles. The van der Waals surface area contributed by atoms with Crippen molar-refractivity contribution in [2.45, 2.75) is 38.6 Å². The van der Waals surface area contributed by atoms with Gasteiger partial charge in [-0.1, -0.05) is 19.8 Å². The molecule has 1 aliphatic carbocycles. The largest absolute Gasteiger partial charge is 0.313 e. The summed E-state index contributed by atoms with van der Waals surface area (Å²) < 4.78 is 21.4. The standard InChI is InChI=1S/C9H20N2O2S/c1-8-4-2-3-5-9(8)11-6-7-14(10,12)13/h8-9,11H,2-7H2,1H3,(H2,10,12,13). The normalized spacial score (nSPS) is 29.0. The molecule has 0 spiro atoms. The smallest absolute Gasteiger partial charge is 0.210 e. The van der Waals surface area contributed by atoms with Gasteiger partial charge < -0.3 is 5.32 Å². The molecule has 0 bridgehead atoms. The molecule has 4 nitrogen and oxygen atoms in total. The molecule has 0 aromatic rings. The van der Waals surface area contributed by atoms with Crippen LogP contribution < -0.4 is 10.5 Å². The van der Waals surface area contributed by atoms with Crippen LogP contribution in [0.4, 0.5) is 0 Å². The van der Waals surface area contributed by atoms with Crippen LogP contribution in [0.15, 0.2) is 0 Å². The van der Waals surface area contributed by atoms with Crippen molar-refractivity contribution in [2.24, 2.45) is 11.1 Å². The first-order valence-electron chi connectivity index (χ1n) is 5.23. The zero-order valence-corrected chi connectivity index (χ0v) is 9.52. The van der Waals surface area contributed by atoms with Crippen LogP contribution in [0.25, 0.3) is 0 Å². The van der Waals surface area contributed by atoms with Crippen molar-refractivity contribution in [3.8, 4) is 0 Å². The van der Waals surface area contributed by atoms with Crippen LogP contribution in [-0.4, -0.2) is 26.8 Å². The molecule has 3 N–H and O–H groups in total. The van der Waals surface area contributed by atoms with E-state index in [0.717, 1.165) is 6.42 Å². The van der Waals surface area contributed by atoms with E-state index in [0.29, 0.717) is 18.5 Å². The van der Waals surface area contributed by atoms with Crippen molar-refractivity contribution in [3.63, 3.8) is 0 Å². The number of primary sulfonamides is 1. The summed E-state index contributed by atoms with van der Waals surface area (Å²) in [6.45, 7) is 2.70. The lowest BCUT2D eigenvalue weighted by Gasteiger charge is -2.29. The maximum Gasteiger partial charge on any atom is 0.210 e. The summed E-state index contributed by atoms with van der Waals surface area (Å²) in [7, 11) is -3.30. The molecule has 1 rings (SSSR count). The van der Waals surface area contributed by atoms with Crippen LogP contribution in [0.5, 0.6) is 0 Å². The van der Waals surface area contributed by atoms with E-state index >= 15 is 0 Å². The van der Waals surface area contributed by atoms with E-state index in [9.17, 15) is 8.42 Å². The minimum atomic E-state index is -3.30. The van der Waals surface area contributed by atoms with Gasteiger partial charge in [0.15, 0.2) is 0 Å². The Kier molecular flexibility index (Phi) is 4.34. The van der Waals surface area contributed by atoms with Crippen molar-refractivity contribution in [1.82, 2.24) is 5.32 Å². The van der Waals surface area contributed by atoms with Gasteiger partial charge in [0.2, 0.25) is 10.0 Å².